The summed E-state index contributed by atoms with van der Waals surface area (Å²) in [5, 5.41) is 6.74. The van der Waals surface area contributed by atoms with Crippen molar-refractivity contribution in [2.24, 2.45) is 5.10 Å². The molecule has 0 aliphatic rings. The van der Waals surface area contributed by atoms with Crippen molar-refractivity contribution in [1.82, 2.24) is 4.98 Å². The maximum absolute atomic E-state index is 13.0. The molecule has 0 aliphatic carbocycles. The molecule has 0 fully saturated rings. The van der Waals surface area contributed by atoms with Gasteiger partial charge in [-0.2, -0.15) is 5.10 Å². The summed E-state index contributed by atoms with van der Waals surface area (Å²) in [5.74, 6) is -0.203. The van der Waals surface area contributed by atoms with Gasteiger partial charge in [-0.15, -0.1) is 11.3 Å². The Balaban J connectivity index is 2.03. The number of aromatic nitrogens is 1. The number of halogens is 1. The van der Waals surface area contributed by atoms with Crippen LogP contribution in [-0.4, -0.2) is 11.2 Å². The summed E-state index contributed by atoms with van der Waals surface area (Å²) >= 11 is 1.49. The smallest absolute Gasteiger partial charge is 0.203 e. The molecule has 0 unspecified atom stereocenters. The van der Waals surface area contributed by atoms with Crippen LogP contribution >= 0.6 is 11.3 Å². The van der Waals surface area contributed by atoms with Gasteiger partial charge >= 0.3 is 0 Å². The third-order valence-electron chi connectivity index (χ3n) is 2.17. The molecule has 5 heteroatoms. The van der Waals surface area contributed by atoms with E-state index >= 15 is 0 Å². The SMILES string of the molecule is Cc1csc(NN=Cc2ccc(F)c(C)c2)n1. The summed E-state index contributed by atoms with van der Waals surface area (Å²) in [6.07, 6.45) is 1.64. The van der Waals surface area contributed by atoms with Crippen LogP contribution in [0, 0.1) is 19.7 Å². The summed E-state index contributed by atoms with van der Waals surface area (Å²) in [4.78, 5) is 4.21. The van der Waals surface area contributed by atoms with E-state index in [1.807, 2.05) is 12.3 Å². The summed E-state index contributed by atoms with van der Waals surface area (Å²) < 4.78 is 13.0. The molecule has 2 rings (SSSR count). The monoisotopic (exact) mass is 249 g/mol. The average molecular weight is 249 g/mol. The Morgan fingerprint density at radius 3 is 2.88 bits per heavy atom. The van der Waals surface area contributed by atoms with Crippen molar-refractivity contribution in [3.63, 3.8) is 0 Å². The Hall–Kier alpha value is -1.75. The summed E-state index contributed by atoms with van der Waals surface area (Å²) in [5.41, 5.74) is 5.26. The normalized spacial score (nSPS) is 11.0. The number of hydrogen-bond donors (Lipinski definition) is 1. The number of nitrogens with zero attached hydrogens (tertiary/aromatic N) is 2. The molecule has 1 aromatic carbocycles. The van der Waals surface area contributed by atoms with Gasteiger partial charge in [0.05, 0.1) is 11.9 Å². The summed E-state index contributed by atoms with van der Waals surface area (Å²) in [6, 6.07) is 4.86. The van der Waals surface area contributed by atoms with Gasteiger partial charge in [0.2, 0.25) is 5.13 Å². The zero-order valence-corrected chi connectivity index (χ0v) is 10.4. The van der Waals surface area contributed by atoms with Gasteiger partial charge in [-0.05, 0) is 37.1 Å². The van der Waals surface area contributed by atoms with Crippen LogP contribution in [0.1, 0.15) is 16.8 Å². The highest BCUT2D eigenvalue weighted by Gasteiger charge is 1.97. The summed E-state index contributed by atoms with van der Waals surface area (Å²) in [7, 11) is 0. The lowest BCUT2D eigenvalue weighted by molar-refractivity contribution is 0.618. The van der Waals surface area contributed by atoms with Crippen molar-refractivity contribution < 1.29 is 4.39 Å². The molecular weight excluding hydrogens is 237 g/mol. The number of hydrogen-bond acceptors (Lipinski definition) is 4. The molecule has 0 bridgehead atoms. The van der Waals surface area contributed by atoms with Crippen molar-refractivity contribution in [3.8, 4) is 0 Å². The predicted molar refractivity (Wildman–Crippen MR) is 69.2 cm³/mol. The standard InChI is InChI=1S/C12H12FN3S/c1-8-5-10(3-4-11(8)13)6-14-16-12-15-9(2)7-17-12/h3-7H,1-2H3,(H,15,16). The molecule has 17 heavy (non-hydrogen) atoms. The van der Waals surface area contributed by atoms with Crippen LogP contribution in [0.15, 0.2) is 28.7 Å². The Morgan fingerprint density at radius 2 is 2.24 bits per heavy atom. The van der Waals surface area contributed by atoms with E-state index in [4.69, 9.17) is 0 Å². The minimum atomic E-state index is -0.203. The fourth-order valence-electron chi connectivity index (χ4n) is 1.32. The Labute approximate surface area is 103 Å². The lowest BCUT2D eigenvalue weighted by Crippen LogP contribution is -1.91. The number of benzene rings is 1. The van der Waals surface area contributed by atoms with Gasteiger partial charge in [0.15, 0.2) is 0 Å². The van der Waals surface area contributed by atoms with Gasteiger partial charge in [0.25, 0.3) is 0 Å². The third-order valence-corrected chi connectivity index (χ3v) is 3.04. The lowest BCUT2D eigenvalue weighted by atomic mass is 10.1. The van der Waals surface area contributed by atoms with Crippen LogP contribution in [0.3, 0.4) is 0 Å². The Bertz CT molecular complexity index is 548. The summed E-state index contributed by atoms with van der Waals surface area (Å²) in [6.45, 7) is 3.65. The molecule has 0 saturated carbocycles. The number of nitrogens with one attached hydrogen (secondary N) is 1. The molecule has 0 spiro atoms. The van der Waals surface area contributed by atoms with Crippen LogP contribution in [0.2, 0.25) is 0 Å². The van der Waals surface area contributed by atoms with Gasteiger partial charge in [0, 0.05) is 5.38 Å². The zero-order valence-electron chi connectivity index (χ0n) is 9.57. The molecular formula is C12H12FN3S. The average Bonchev–Trinajstić information content (AvgIpc) is 2.70. The van der Waals surface area contributed by atoms with E-state index in [0.717, 1.165) is 16.4 Å². The van der Waals surface area contributed by atoms with E-state index in [2.05, 4.69) is 15.5 Å². The highest BCUT2D eigenvalue weighted by molar-refractivity contribution is 7.13. The topological polar surface area (TPSA) is 37.3 Å². The van der Waals surface area contributed by atoms with E-state index in [1.165, 1.54) is 17.4 Å². The van der Waals surface area contributed by atoms with Gasteiger partial charge < -0.3 is 0 Å². The van der Waals surface area contributed by atoms with Crippen LogP contribution in [-0.2, 0) is 0 Å². The van der Waals surface area contributed by atoms with Gasteiger partial charge in [0.1, 0.15) is 5.82 Å². The molecule has 1 N–H and O–H groups in total. The van der Waals surface area contributed by atoms with Crippen molar-refractivity contribution >= 4 is 22.7 Å². The molecule has 0 atom stereocenters. The van der Waals surface area contributed by atoms with Gasteiger partial charge in [-0.1, -0.05) is 6.07 Å². The van der Waals surface area contributed by atoms with Crippen LogP contribution in [0.4, 0.5) is 9.52 Å². The molecule has 88 valence electrons. The minimum Gasteiger partial charge on any atom is -0.253 e. The second kappa shape index (κ2) is 5.05. The fourth-order valence-corrected chi connectivity index (χ4v) is 1.95. The first-order valence-corrected chi connectivity index (χ1v) is 6.00. The molecule has 2 aromatic rings. The molecule has 0 radical (unpaired) electrons. The molecule has 0 amide bonds. The highest BCUT2D eigenvalue weighted by atomic mass is 32.1. The maximum Gasteiger partial charge on any atom is 0.203 e. The maximum atomic E-state index is 13.0. The molecule has 0 aliphatic heterocycles. The molecule has 1 heterocycles. The van der Waals surface area contributed by atoms with Crippen molar-refractivity contribution in [3.05, 3.63) is 46.2 Å². The zero-order chi connectivity index (χ0) is 12.3. The van der Waals surface area contributed by atoms with Crippen molar-refractivity contribution in [2.45, 2.75) is 13.8 Å². The van der Waals surface area contributed by atoms with E-state index in [9.17, 15) is 4.39 Å². The number of aryl methyl sites for hydroxylation is 2. The first kappa shape index (κ1) is 11.7. The molecule has 3 nitrogen and oxygen atoms in total. The van der Waals surface area contributed by atoms with E-state index in [1.54, 1.807) is 25.3 Å². The van der Waals surface area contributed by atoms with E-state index in [-0.39, 0.29) is 5.82 Å². The largest absolute Gasteiger partial charge is 0.253 e. The number of thiazole rings is 1. The second-order valence-corrected chi connectivity index (χ2v) is 4.53. The lowest BCUT2D eigenvalue weighted by Gasteiger charge is -1.97. The number of hydrazone groups is 1. The van der Waals surface area contributed by atoms with Crippen LogP contribution in [0.5, 0.6) is 0 Å². The van der Waals surface area contributed by atoms with Crippen molar-refractivity contribution in [2.75, 3.05) is 5.43 Å². The van der Waals surface area contributed by atoms with Crippen molar-refractivity contribution in [1.29, 1.82) is 0 Å². The van der Waals surface area contributed by atoms with Gasteiger partial charge in [-0.25, -0.2) is 9.37 Å². The predicted octanol–water partition coefficient (Wildman–Crippen LogP) is 3.35. The Kier molecular flexibility index (Phi) is 3.49. The van der Waals surface area contributed by atoms with E-state index < -0.39 is 0 Å². The second-order valence-electron chi connectivity index (χ2n) is 3.67. The first-order chi connectivity index (χ1) is 8.15. The minimum absolute atomic E-state index is 0.203. The molecule has 0 saturated heterocycles. The number of anilines is 1. The van der Waals surface area contributed by atoms with E-state index in [0.29, 0.717) is 5.56 Å². The van der Waals surface area contributed by atoms with Crippen LogP contribution in [0.25, 0.3) is 0 Å². The van der Waals surface area contributed by atoms with Gasteiger partial charge in [-0.3, -0.25) is 5.43 Å². The van der Waals surface area contributed by atoms with Crippen LogP contribution < -0.4 is 5.43 Å². The molecule has 1 aromatic heterocycles. The first-order valence-electron chi connectivity index (χ1n) is 5.12. The Morgan fingerprint density at radius 1 is 1.41 bits per heavy atom. The fraction of sp³-hybridized carbons (Fsp3) is 0.167. The number of rotatable bonds is 3. The quantitative estimate of drug-likeness (QED) is 0.669. The third kappa shape index (κ3) is 3.10. The highest BCUT2D eigenvalue weighted by Crippen LogP contribution is 2.14.